The van der Waals surface area contributed by atoms with Crippen molar-refractivity contribution in [2.45, 2.75) is 51.0 Å². The van der Waals surface area contributed by atoms with Gasteiger partial charge in [0.2, 0.25) is 0 Å². The van der Waals surface area contributed by atoms with Crippen LogP contribution in [0.25, 0.3) is 0 Å². The van der Waals surface area contributed by atoms with Crippen molar-refractivity contribution in [2.75, 3.05) is 0 Å². The maximum absolute atomic E-state index is 6.24. The first kappa shape index (κ1) is 14.5. The lowest BCUT2D eigenvalue weighted by Gasteiger charge is -2.24. The summed E-state index contributed by atoms with van der Waals surface area (Å²) in [5.74, 6) is 0.896. The third kappa shape index (κ3) is 5.10. The van der Waals surface area contributed by atoms with Gasteiger partial charge in [-0.05, 0) is 24.3 Å². The standard InChI is InChI=1S/C15H23N.ClH/c16-15(11-13-7-3-1-4-8-13)12-14-9-5-2-6-10-14;/h1,3-4,7-8,14-15H,2,5-6,9-12,16H2;1H. The Morgan fingerprint density at radius 1 is 1.06 bits per heavy atom. The van der Waals surface area contributed by atoms with Gasteiger partial charge in [-0.15, -0.1) is 12.4 Å². The van der Waals surface area contributed by atoms with Crippen LogP contribution in [-0.2, 0) is 6.42 Å². The normalized spacial score (nSPS) is 18.4. The molecule has 1 nitrogen and oxygen atoms in total. The second-order valence-corrected chi connectivity index (χ2v) is 5.19. The Balaban J connectivity index is 0.00000144. The van der Waals surface area contributed by atoms with E-state index >= 15 is 0 Å². The molecule has 1 aromatic rings. The summed E-state index contributed by atoms with van der Waals surface area (Å²) in [5.41, 5.74) is 7.62. The van der Waals surface area contributed by atoms with E-state index in [1.807, 2.05) is 0 Å². The van der Waals surface area contributed by atoms with Gasteiger partial charge in [0.1, 0.15) is 0 Å². The van der Waals surface area contributed by atoms with Gasteiger partial charge in [-0.1, -0.05) is 62.4 Å². The Bertz CT molecular complexity index is 293. The molecule has 0 radical (unpaired) electrons. The summed E-state index contributed by atoms with van der Waals surface area (Å²) < 4.78 is 0. The van der Waals surface area contributed by atoms with Crippen molar-refractivity contribution in [3.8, 4) is 0 Å². The number of nitrogens with two attached hydrogens (primary N) is 1. The fourth-order valence-corrected chi connectivity index (χ4v) is 2.85. The SMILES string of the molecule is Cl.NC(Cc1ccccc1)CC1CCCCC1. The largest absolute Gasteiger partial charge is 0.327 e. The average molecular weight is 254 g/mol. The fraction of sp³-hybridized carbons (Fsp3) is 0.600. The monoisotopic (exact) mass is 253 g/mol. The number of halogens is 1. The molecule has 2 heteroatoms. The fourth-order valence-electron chi connectivity index (χ4n) is 2.85. The van der Waals surface area contributed by atoms with Crippen molar-refractivity contribution in [3.05, 3.63) is 35.9 Å². The van der Waals surface area contributed by atoms with Gasteiger partial charge >= 0.3 is 0 Å². The molecule has 0 heterocycles. The molecule has 0 bridgehead atoms. The molecular formula is C15H24ClN. The molecule has 0 aromatic heterocycles. The van der Waals surface area contributed by atoms with Crippen molar-refractivity contribution in [1.82, 2.24) is 0 Å². The Labute approximate surface area is 111 Å². The predicted molar refractivity (Wildman–Crippen MR) is 76.6 cm³/mol. The summed E-state index contributed by atoms with van der Waals surface area (Å²) in [5, 5.41) is 0. The minimum atomic E-state index is 0. The van der Waals surface area contributed by atoms with Crippen LogP contribution in [0.5, 0.6) is 0 Å². The second-order valence-electron chi connectivity index (χ2n) is 5.19. The lowest BCUT2D eigenvalue weighted by atomic mass is 9.84. The van der Waals surface area contributed by atoms with Crippen molar-refractivity contribution < 1.29 is 0 Å². The highest BCUT2D eigenvalue weighted by Gasteiger charge is 2.16. The van der Waals surface area contributed by atoms with Crippen LogP contribution < -0.4 is 5.73 Å². The smallest absolute Gasteiger partial charge is 0.00819 e. The molecule has 0 aliphatic heterocycles. The quantitative estimate of drug-likeness (QED) is 0.864. The van der Waals surface area contributed by atoms with Gasteiger partial charge in [-0.3, -0.25) is 0 Å². The van der Waals surface area contributed by atoms with Gasteiger partial charge in [0.15, 0.2) is 0 Å². The molecule has 1 fully saturated rings. The third-order valence-electron chi connectivity index (χ3n) is 3.70. The highest BCUT2D eigenvalue weighted by Crippen LogP contribution is 2.27. The Hall–Kier alpha value is -0.530. The Kier molecular flexibility index (Phi) is 6.61. The lowest BCUT2D eigenvalue weighted by molar-refractivity contribution is 0.317. The molecule has 1 aromatic carbocycles. The van der Waals surface area contributed by atoms with E-state index < -0.39 is 0 Å². The van der Waals surface area contributed by atoms with Crippen molar-refractivity contribution in [3.63, 3.8) is 0 Å². The molecule has 0 spiro atoms. The van der Waals surface area contributed by atoms with Crippen molar-refractivity contribution in [2.24, 2.45) is 11.7 Å². The molecule has 0 amide bonds. The second kappa shape index (κ2) is 7.73. The van der Waals surface area contributed by atoms with E-state index in [1.165, 1.54) is 44.1 Å². The van der Waals surface area contributed by atoms with E-state index in [2.05, 4.69) is 30.3 Å². The topological polar surface area (TPSA) is 26.0 Å². The van der Waals surface area contributed by atoms with Gasteiger partial charge in [0, 0.05) is 6.04 Å². The minimum Gasteiger partial charge on any atom is -0.327 e. The van der Waals surface area contributed by atoms with Crippen LogP contribution in [0.15, 0.2) is 30.3 Å². The number of rotatable bonds is 4. The Morgan fingerprint density at radius 2 is 1.71 bits per heavy atom. The Morgan fingerprint density at radius 3 is 2.35 bits per heavy atom. The van der Waals surface area contributed by atoms with Crippen molar-refractivity contribution >= 4 is 12.4 Å². The molecule has 1 saturated carbocycles. The number of hydrogen-bond acceptors (Lipinski definition) is 1. The van der Waals surface area contributed by atoms with Gasteiger partial charge in [0.05, 0.1) is 0 Å². The van der Waals surface area contributed by atoms with Gasteiger partial charge in [0.25, 0.3) is 0 Å². The molecule has 96 valence electrons. The highest BCUT2D eigenvalue weighted by molar-refractivity contribution is 5.85. The van der Waals surface area contributed by atoms with Crippen LogP contribution in [0.1, 0.15) is 44.1 Å². The van der Waals surface area contributed by atoms with Gasteiger partial charge < -0.3 is 5.73 Å². The van der Waals surface area contributed by atoms with E-state index in [0.29, 0.717) is 6.04 Å². The summed E-state index contributed by atoms with van der Waals surface area (Å²) >= 11 is 0. The number of hydrogen-bond donors (Lipinski definition) is 1. The minimum absolute atomic E-state index is 0. The van der Waals surface area contributed by atoms with E-state index in [-0.39, 0.29) is 12.4 Å². The molecular weight excluding hydrogens is 230 g/mol. The lowest BCUT2D eigenvalue weighted by Crippen LogP contribution is -2.27. The molecule has 0 saturated heterocycles. The zero-order chi connectivity index (χ0) is 11.2. The molecule has 1 unspecified atom stereocenters. The molecule has 2 N–H and O–H groups in total. The van der Waals surface area contributed by atoms with E-state index in [9.17, 15) is 0 Å². The molecule has 2 rings (SSSR count). The average Bonchev–Trinajstić information content (AvgIpc) is 2.31. The molecule has 17 heavy (non-hydrogen) atoms. The summed E-state index contributed by atoms with van der Waals surface area (Å²) in [7, 11) is 0. The van der Waals surface area contributed by atoms with Crippen LogP contribution >= 0.6 is 12.4 Å². The van der Waals surface area contributed by atoms with Gasteiger partial charge in [-0.25, -0.2) is 0 Å². The van der Waals surface area contributed by atoms with Crippen LogP contribution in [0.3, 0.4) is 0 Å². The van der Waals surface area contributed by atoms with Crippen LogP contribution in [0.4, 0.5) is 0 Å². The maximum Gasteiger partial charge on any atom is 0.00819 e. The van der Waals surface area contributed by atoms with E-state index in [4.69, 9.17) is 5.73 Å². The first-order valence-corrected chi connectivity index (χ1v) is 6.64. The van der Waals surface area contributed by atoms with Crippen molar-refractivity contribution in [1.29, 1.82) is 0 Å². The molecule has 1 atom stereocenters. The van der Waals surface area contributed by atoms with Crippen LogP contribution in [-0.4, -0.2) is 6.04 Å². The van der Waals surface area contributed by atoms with Crippen LogP contribution in [0.2, 0.25) is 0 Å². The predicted octanol–water partition coefficient (Wildman–Crippen LogP) is 3.95. The number of benzene rings is 1. The summed E-state index contributed by atoms with van der Waals surface area (Å²) in [6.07, 6.45) is 9.34. The van der Waals surface area contributed by atoms with E-state index in [0.717, 1.165) is 12.3 Å². The first-order valence-electron chi connectivity index (χ1n) is 6.64. The van der Waals surface area contributed by atoms with Gasteiger partial charge in [-0.2, -0.15) is 0 Å². The first-order chi connectivity index (χ1) is 7.84. The summed E-state index contributed by atoms with van der Waals surface area (Å²) in [6.45, 7) is 0. The molecule has 1 aliphatic carbocycles. The summed E-state index contributed by atoms with van der Waals surface area (Å²) in [6, 6.07) is 11.0. The van der Waals surface area contributed by atoms with E-state index in [1.54, 1.807) is 0 Å². The zero-order valence-corrected chi connectivity index (χ0v) is 11.3. The molecule has 1 aliphatic rings. The summed E-state index contributed by atoms with van der Waals surface area (Å²) in [4.78, 5) is 0. The third-order valence-corrected chi connectivity index (χ3v) is 3.70. The zero-order valence-electron chi connectivity index (χ0n) is 10.5. The highest BCUT2D eigenvalue weighted by atomic mass is 35.5. The maximum atomic E-state index is 6.24. The van der Waals surface area contributed by atoms with Crippen LogP contribution in [0, 0.1) is 5.92 Å².